The second kappa shape index (κ2) is 8.53. The van der Waals surface area contributed by atoms with Crippen molar-refractivity contribution in [3.05, 3.63) is 0 Å². The zero-order chi connectivity index (χ0) is 7.98. The fourth-order valence-electron chi connectivity index (χ4n) is 0.789. The molecule has 0 aromatic carbocycles. The molecule has 0 rings (SSSR count). The van der Waals surface area contributed by atoms with Crippen LogP contribution in [0.5, 0.6) is 0 Å². The summed E-state index contributed by atoms with van der Waals surface area (Å²) in [6.45, 7) is 6.44. The number of hydrogen-bond acceptors (Lipinski definition) is 3. The summed E-state index contributed by atoms with van der Waals surface area (Å²) < 4.78 is 0. The number of rotatable bonds is 5. The summed E-state index contributed by atoms with van der Waals surface area (Å²) >= 11 is 0. The molecule has 0 aromatic rings. The Bertz CT molecular complexity index is 105. The van der Waals surface area contributed by atoms with Crippen molar-refractivity contribution in [2.45, 2.75) is 20.3 Å². The fraction of sp³-hybridized carbons (Fsp3) is 0.857. The first kappa shape index (κ1) is 14.0. The number of carboxylic acid groups (broad SMARTS) is 1. The van der Waals surface area contributed by atoms with Gasteiger partial charge in [0.15, 0.2) is 0 Å². The van der Waals surface area contributed by atoms with Gasteiger partial charge >= 0.3 is 29.6 Å². The SMILES string of the molecule is CCN(CC)CCC(=O)[O-].[Na+]. The van der Waals surface area contributed by atoms with E-state index in [2.05, 4.69) is 4.90 Å². The Balaban J connectivity index is 0. The molecule has 0 N–H and O–H groups in total. The van der Waals surface area contributed by atoms with Crippen LogP contribution in [0.4, 0.5) is 0 Å². The molecule has 3 nitrogen and oxygen atoms in total. The minimum Gasteiger partial charge on any atom is -0.550 e. The van der Waals surface area contributed by atoms with Crippen LogP contribution in [0.2, 0.25) is 0 Å². The van der Waals surface area contributed by atoms with Gasteiger partial charge in [-0.05, 0) is 19.5 Å². The van der Waals surface area contributed by atoms with Crippen molar-refractivity contribution in [3.8, 4) is 0 Å². The number of aliphatic carboxylic acids is 1. The topological polar surface area (TPSA) is 43.4 Å². The van der Waals surface area contributed by atoms with Gasteiger partial charge in [0, 0.05) is 12.5 Å². The van der Waals surface area contributed by atoms with Gasteiger partial charge < -0.3 is 14.8 Å². The third kappa shape index (κ3) is 8.34. The van der Waals surface area contributed by atoms with E-state index in [0.29, 0.717) is 6.54 Å². The largest absolute Gasteiger partial charge is 1.00 e. The molecule has 11 heavy (non-hydrogen) atoms. The number of nitrogens with zero attached hydrogens (tertiary/aromatic N) is 1. The fourth-order valence-corrected chi connectivity index (χ4v) is 0.789. The van der Waals surface area contributed by atoms with Crippen molar-refractivity contribution >= 4 is 5.97 Å². The summed E-state index contributed by atoms with van der Waals surface area (Å²) in [5.74, 6) is -0.966. The number of carboxylic acids is 1. The molecule has 60 valence electrons. The molecule has 0 bridgehead atoms. The van der Waals surface area contributed by atoms with Crippen LogP contribution < -0.4 is 34.7 Å². The summed E-state index contributed by atoms with van der Waals surface area (Å²) in [5, 5.41) is 10.00. The first-order valence-electron chi connectivity index (χ1n) is 3.62. The smallest absolute Gasteiger partial charge is 0.550 e. The van der Waals surface area contributed by atoms with E-state index < -0.39 is 5.97 Å². The van der Waals surface area contributed by atoms with Crippen LogP contribution in [0.3, 0.4) is 0 Å². The Kier molecular flexibility index (Phi) is 10.8. The van der Waals surface area contributed by atoms with Crippen molar-refractivity contribution in [1.82, 2.24) is 4.90 Å². The van der Waals surface area contributed by atoms with E-state index in [4.69, 9.17) is 0 Å². The second-order valence-electron chi connectivity index (χ2n) is 2.15. The molecule has 0 aromatic heterocycles. The molecule has 0 aliphatic carbocycles. The Morgan fingerprint density at radius 3 is 2.09 bits per heavy atom. The average Bonchev–Trinajstić information content (AvgIpc) is 1.90. The first-order chi connectivity index (χ1) is 4.70. The summed E-state index contributed by atoms with van der Waals surface area (Å²) in [5.41, 5.74) is 0. The zero-order valence-electron chi connectivity index (χ0n) is 7.59. The van der Waals surface area contributed by atoms with Crippen LogP contribution in [-0.4, -0.2) is 30.5 Å². The van der Waals surface area contributed by atoms with E-state index in [1.54, 1.807) is 0 Å². The van der Waals surface area contributed by atoms with Gasteiger partial charge in [-0.2, -0.15) is 0 Å². The summed E-state index contributed by atoms with van der Waals surface area (Å²) in [4.78, 5) is 12.0. The molecule has 0 amide bonds. The van der Waals surface area contributed by atoms with E-state index in [9.17, 15) is 9.90 Å². The standard InChI is InChI=1S/C7H15NO2.Na/c1-3-8(4-2)6-5-7(9)10;/h3-6H2,1-2H3,(H,9,10);/q;+1/p-1. The molecule has 0 fully saturated rings. The molecule has 0 saturated carbocycles. The maximum Gasteiger partial charge on any atom is 1.00 e. The Morgan fingerprint density at radius 1 is 1.36 bits per heavy atom. The molecule has 0 aliphatic rings. The van der Waals surface area contributed by atoms with Crippen LogP contribution in [0.25, 0.3) is 0 Å². The van der Waals surface area contributed by atoms with Gasteiger partial charge in [0.1, 0.15) is 0 Å². The molecular weight excluding hydrogens is 153 g/mol. The normalized spacial score (nSPS) is 9.36. The number of carbonyl (C=O) groups is 1. The molecular formula is C7H14NNaO2. The van der Waals surface area contributed by atoms with Gasteiger partial charge in [-0.1, -0.05) is 13.8 Å². The number of hydrogen-bond donors (Lipinski definition) is 0. The van der Waals surface area contributed by atoms with E-state index in [1.807, 2.05) is 13.8 Å². The molecule has 0 spiro atoms. The third-order valence-corrected chi connectivity index (χ3v) is 1.53. The Morgan fingerprint density at radius 2 is 1.82 bits per heavy atom. The van der Waals surface area contributed by atoms with Crippen LogP contribution in [0.1, 0.15) is 20.3 Å². The van der Waals surface area contributed by atoms with Crippen LogP contribution in [0, 0.1) is 0 Å². The molecule has 0 unspecified atom stereocenters. The van der Waals surface area contributed by atoms with E-state index in [1.165, 1.54) is 0 Å². The molecule has 0 radical (unpaired) electrons. The van der Waals surface area contributed by atoms with Crippen molar-refractivity contribution in [1.29, 1.82) is 0 Å². The summed E-state index contributed by atoms with van der Waals surface area (Å²) in [7, 11) is 0. The zero-order valence-corrected chi connectivity index (χ0v) is 9.59. The van der Waals surface area contributed by atoms with Gasteiger partial charge in [0.05, 0.1) is 0 Å². The minimum atomic E-state index is -0.966. The predicted octanol–water partition coefficient (Wildman–Crippen LogP) is -3.53. The first-order valence-corrected chi connectivity index (χ1v) is 3.62. The average molecular weight is 167 g/mol. The maximum atomic E-state index is 10.00. The Labute approximate surface area is 90.1 Å². The quantitative estimate of drug-likeness (QED) is 0.399. The van der Waals surface area contributed by atoms with E-state index in [0.717, 1.165) is 13.1 Å². The van der Waals surface area contributed by atoms with Crippen molar-refractivity contribution in [2.24, 2.45) is 0 Å². The van der Waals surface area contributed by atoms with Crippen LogP contribution >= 0.6 is 0 Å². The number of carbonyl (C=O) groups excluding carboxylic acids is 1. The summed E-state index contributed by atoms with van der Waals surface area (Å²) in [6.07, 6.45) is 0.141. The van der Waals surface area contributed by atoms with Crippen molar-refractivity contribution < 1.29 is 39.5 Å². The van der Waals surface area contributed by atoms with Gasteiger partial charge in [-0.15, -0.1) is 0 Å². The van der Waals surface area contributed by atoms with Crippen molar-refractivity contribution in [3.63, 3.8) is 0 Å². The Hall–Kier alpha value is 0.430. The van der Waals surface area contributed by atoms with E-state index >= 15 is 0 Å². The van der Waals surface area contributed by atoms with E-state index in [-0.39, 0.29) is 36.0 Å². The summed E-state index contributed by atoms with van der Waals surface area (Å²) in [6, 6.07) is 0. The van der Waals surface area contributed by atoms with Gasteiger partial charge in [-0.25, -0.2) is 0 Å². The van der Waals surface area contributed by atoms with Crippen LogP contribution in [-0.2, 0) is 4.79 Å². The molecule has 0 heterocycles. The van der Waals surface area contributed by atoms with Gasteiger partial charge in [0.25, 0.3) is 0 Å². The maximum absolute atomic E-state index is 10.00. The minimum absolute atomic E-state index is 0. The third-order valence-electron chi connectivity index (χ3n) is 1.53. The molecule has 0 saturated heterocycles. The second-order valence-corrected chi connectivity index (χ2v) is 2.15. The molecule has 0 aliphatic heterocycles. The predicted molar refractivity (Wildman–Crippen MR) is 37.4 cm³/mol. The molecule has 4 heteroatoms. The van der Waals surface area contributed by atoms with Crippen molar-refractivity contribution in [2.75, 3.05) is 19.6 Å². The molecule has 0 atom stereocenters. The van der Waals surface area contributed by atoms with Crippen LogP contribution in [0.15, 0.2) is 0 Å². The monoisotopic (exact) mass is 167 g/mol. The van der Waals surface area contributed by atoms with Gasteiger partial charge in [-0.3, -0.25) is 0 Å². The van der Waals surface area contributed by atoms with Gasteiger partial charge in [0.2, 0.25) is 0 Å².